The Bertz CT molecular complexity index is 973. The van der Waals surface area contributed by atoms with Crippen molar-refractivity contribution < 1.29 is 13.2 Å². The Morgan fingerprint density at radius 2 is 2.04 bits per heavy atom. The lowest BCUT2D eigenvalue weighted by molar-refractivity contribution is -0.122. The summed E-state index contributed by atoms with van der Waals surface area (Å²) in [6, 6.07) is 8.91. The smallest absolute Gasteiger partial charge is 0.346 e. The molecule has 3 rings (SSSR count). The second kappa shape index (κ2) is 6.67. The van der Waals surface area contributed by atoms with Crippen LogP contribution >= 0.6 is 0 Å². The first-order chi connectivity index (χ1) is 11.8. The Balaban J connectivity index is 1.69. The van der Waals surface area contributed by atoms with Gasteiger partial charge < -0.3 is 5.32 Å². The highest BCUT2D eigenvalue weighted by molar-refractivity contribution is 7.94. The van der Waals surface area contributed by atoms with Gasteiger partial charge in [0.15, 0.2) is 9.84 Å². The van der Waals surface area contributed by atoms with Gasteiger partial charge >= 0.3 is 5.69 Å². The topological polar surface area (TPSA) is 103 Å². The molecule has 0 spiro atoms. The van der Waals surface area contributed by atoms with Gasteiger partial charge in [0.25, 0.3) is 0 Å². The molecule has 1 atom stereocenters. The van der Waals surface area contributed by atoms with E-state index in [2.05, 4.69) is 10.4 Å². The van der Waals surface area contributed by atoms with E-state index in [9.17, 15) is 18.0 Å². The molecular weight excluding hydrogens is 344 g/mol. The number of carbonyl (C=O) groups excluding carboxylic acids is 1. The molecule has 1 aliphatic heterocycles. The number of rotatable bonds is 5. The van der Waals surface area contributed by atoms with Gasteiger partial charge in [-0.1, -0.05) is 30.3 Å². The zero-order chi connectivity index (χ0) is 18.0. The number of benzene rings is 1. The number of aryl methyl sites for hydroxylation is 1. The third kappa shape index (κ3) is 4.05. The molecule has 8 nitrogen and oxygen atoms in total. The van der Waals surface area contributed by atoms with Crippen LogP contribution in [0.5, 0.6) is 0 Å². The fourth-order valence-corrected chi connectivity index (χ4v) is 3.89. The molecule has 0 bridgehead atoms. The van der Waals surface area contributed by atoms with E-state index in [0.29, 0.717) is 12.4 Å². The van der Waals surface area contributed by atoms with Gasteiger partial charge in [0, 0.05) is 5.41 Å². The summed E-state index contributed by atoms with van der Waals surface area (Å²) in [6.45, 7) is 1.81. The van der Waals surface area contributed by atoms with Gasteiger partial charge in [0.2, 0.25) is 5.91 Å². The maximum atomic E-state index is 12.4. The minimum atomic E-state index is -3.24. The number of amides is 1. The summed E-state index contributed by atoms with van der Waals surface area (Å²) in [5, 5.41) is 7.78. The molecule has 2 aromatic rings. The molecule has 1 amide bonds. The SMILES string of the molecule is Cc1nn(CC(=O)N[C@H]2C=CS(=O)(=O)C2)c(=O)n1Cc1ccccc1. The normalized spacial score (nSPS) is 18.4. The zero-order valence-electron chi connectivity index (χ0n) is 13.6. The fraction of sp³-hybridized carbons (Fsp3) is 0.312. The summed E-state index contributed by atoms with van der Waals surface area (Å²) in [5.74, 6) is -0.113. The molecule has 25 heavy (non-hydrogen) atoms. The molecule has 0 saturated heterocycles. The first kappa shape index (κ1) is 17.2. The van der Waals surface area contributed by atoms with Crippen molar-refractivity contribution in [3.8, 4) is 0 Å². The number of aromatic nitrogens is 3. The molecule has 132 valence electrons. The van der Waals surface area contributed by atoms with E-state index in [0.717, 1.165) is 15.7 Å². The summed E-state index contributed by atoms with van der Waals surface area (Å²) in [4.78, 5) is 24.5. The van der Waals surface area contributed by atoms with E-state index in [4.69, 9.17) is 0 Å². The van der Waals surface area contributed by atoms with E-state index in [1.807, 2.05) is 30.3 Å². The van der Waals surface area contributed by atoms with E-state index in [1.165, 1.54) is 10.6 Å². The van der Waals surface area contributed by atoms with Crippen molar-refractivity contribution >= 4 is 15.7 Å². The first-order valence-corrected chi connectivity index (χ1v) is 9.44. The van der Waals surface area contributed by atoms with Crippen molar-refractivity contribution in [2.45, 2.75) is 26.1 Å². The first-order valence-electron chi connectivity index (χ1n) is 7.72. The predicted octanol–water partition coefficient (Wildman–Crippen LogP) is -0.172. The number of hydrogen-bond acceptors (Lipinski definition) is 5. The summed E-state index contributed by atoms with van der Waals surface area (Å²) >= 11 is 0. The van der Waals surface area contributed by atoms with Crippen LogP contribution in [-0.4, -0.2) is 40.5 Å². The van der Waals surface area contributed by atoms with Gasteiger partial charge in [0.05, 0.1) is 18.3 Å². The number of nitrogens with zero attached hydrogens (tertiary/aromatic N) is 3. The third-order valence-corrected chi connectivity index (χ3v) is 5.26. The van der Waals surface area contributed by atoms with Crippen molar-refractivity contribution in [3.05, 3.63) is 63.7 Å². The lowest BCUT2D eigenvalue weighted by Gasteiger charge is -2.09. The largest absolute Gasteiger partial charge is 0.347 e. The predicted molar refractivity (Wildman–Crippen MR) is 91.6 cm³/mol. The van der Waals surface area contributed by atoms with Crippen LogP contribution in [0.15, 0.2) is 46.6 Å². The Hall–Kier alpha value is -2.68. The third-order valence-electron chi connectivity index (χ3n) is 3.86. The average Bonchev–Trinajstić information content (AvgIpc) is 3.02. The highest BCUT2D eigenvalue weighted by atomic mass is 32.2. The summed E-state index contributed by atoms with van der Waals surface area (Å²) in [7, 11) is -3.24. The average molecular weight is 362 g/mol. The van der Waals surface area contributed by atoms with E-state index in [1.54, 1.807) is 6.92 Å². The van der Waals surface area contributed by atoms with E-state index < -0.39 is 21.8 Å². The summed E-state index contributed by atoms with van der Waals surface area (Å²) < 4.78 is 25.3. The molecule has 1 aliphatic rings. The second-order valence-corrected chi connectivity index (χ2v) is 7.82. The van der Waals surface area contributed by atoms with Crippen molar-refractivity contribution in [1.82, 2.24) is 19.7 Å². The lowest BCUT2D eigenvalue weighted by Crippen LogP contribution is -2.39. The van der Waals surface area contributed by atoms with Gasteiger partial charge in [-0.2, -0.15) is 5.10 Å². The van der Waals surface area contributed by atoms with Crippen LogP contribution in [-0.2, 0) is 27.7 Å². The Morgan fingerprint density at radius 3 is 2.68 bits per heavy atom. The molecule has 2 heterocycles. The fourth-order valence-electron chi connectivity index (χ4n) is 2.65. The quantitative estimate of drug-likeness (QED) is 0.795. The van der Waals surface area contributed by atoms with E-state index in [-0.39, 0.29) is 18.0 Å². The van der Waals surface area contributed by atoms with Crippen LogP contribution < -0.4 is 11.0 Å². The summed E-state index contributed by atoms with van der Waals surface area (Å²) in [5.41, 5.74) is 0.573. The van der Waals surface area contributed by atoms with Gasteiger partial charge in [-0.15, -0.1) is 0 Å². The molecule has 0 aliphatic carbocycles. The molecule has 0 radical (unpaired) electrons. The Morgan fingerprint density at radius 1 is 1.32 bits per heavy atom. The number of nitrogens with one attached hydrogen (secondary N) is 1. The van der Waals surface area contributed by atoms with Gasteiger partial charge in [-0.05, 0) is 18.6 Å². The highest BCUT2D eigenvalue weighted by Crippen LogP contribution is 2.07. The molecule has 1 aromatic heterocycles. The standard InChI is InChI=1S/C16H18N4O4S/c1-12-18-20(10-15(21)17-14-7-8-25(23,24)11-14)16(22)19(12)9-13-5-3-2-4-6-13/h2-8,14H,9-11H2,1H3,(H,17,21)/t14-/m0/s1. The Labute approximate surface area is 144 Å². The van der Waals surface area contributed by atoms with Crippen LogP contribution in [0.3, 0.4) is 0 Å². The van der Waals surface area contributed by atoms with Crippen LogP contribution in [0.25, 0.3) is 0 Å². The zero-order valence-corrected chi connectivity index (χ0v) is 14.4. The van der Waals surface area contributed by atoms with Crippen LogP contribution in [0.4, 0.5) is 0 Å². The minimum Gasteiger partial charge on any atom is -0.347 e. The molecule has 1 aromatic carbocycles. The van der Waals surface area contributed by atoms with Crippen LogP contribution in [0.2, 0.25) is 0 Å². The Kier molecular flexibility index (Phi) is 4.58. The van der Waals surface area contributed by atoms with Gasteiger partial charge in [0.1, 0.15) is 12.4 Å². The van der Waals surface area contributed by atoms with Crippen molar-refractivity contribution in [1.29, 1.82) is 0 Å². The molecule has 0 fully saturated rings. The highest BCUT2D eigenvalue weighted by Gasteiger charge is 2.23. The number of carbonyl (C=O) groups is 1. The van der Waals surface area contributed by atoms with Crippen LogP contribution in [0.1, 0.15) is 11.4 Å². The van der Waals surface area contributed by atoms with Crippen LogP contribution in [0, 0.1) is 6.92 Å². The molecule has 9 heteroatoms. The van der Waals surface area contributed by atoms with E-state index >= 15 is 0 Å². The molecule has 0 saturated carbocycles. The lowest BCUT2D eigenvalue weighted by atomic mass is 10.2. The maximum absolute atomic E-state index is 12.4. The molecule has 0 unspecified atom stereocenters. The molecular formula is C16H18N4O4S. The second-order valence-electron chi connectivity index (χ2n) is 5.89. The number of hydrogen-bond donors (Lipinski definition) is 1. The minimum absolute atomic E-state index is 0.158. The molecule has 1 N–H and O–H groups in total. The number of sulfone groups is 1. The van der Waals surface area contributed by atoms with Gasteiger partial charge in [-0.25, -0.2) is 17.9 Å². The summed E-state index contributed by atoms with van der Waals surface area (Å²) in [6.07, 6.45) is 1.43. The maximum Gasteiger partial charge on any atom is 0.346 e. The van der Waals surface area contributed by atoms with Crippen molar-refractivity contribution in [2.24, 2.45) is 0 Å². The van der Waals surface area contributed by atoms with Crippen molar-refractivity contribution in [2.75, 3.05) is 5.75 Å². The van der Waals surface area contributed by atoms with Crippen molar-refractivity contribution in [3.63, 3.8) is 0 Å². The van der Waals surface area contributed by atoms with Gasteiger partial charge in [-0.3, -0.25) is 9.36 Å². The monoisotopic (exact) mass is 362 g/mol.